The minimum atomic E-state index is -0.813. The molecular formula is C10H14O4. The van der Waals surface area contributed by atoms with Crippen molar-refractivity contribution in [3.05, 3.63) is 12.2 Å². The molecule has 1 atom stereocenters. The Hall–Kier alpha value is -1.32. The van der Waals surface area contributed by atoms with Gasteiger partial charge in [-0.25, -0.2) is 9.59 Å². The lowest BCUT2D eigenvalue weighted by Gasteiger charge is -2.21. The van der Waals surface area contributed by atoms with Gasteiger partial charge in [0, 0.05) is 11.0 Å². The lowest BCUT2D eigenvalue weighted by atomic mass is 9.90. The number of hydrogen-bond donors (Lipinski definition) is 0. The Kier molecular flexibility index (Phi) is 2.64. The second-order valence-corrected chi connectivity index (χ2v) is 4.16. The molecule has 0 N–H and O–H groups in total. The summed E-state index contributed by atoms with van der Waals surface area (Å²) in [6.45, 7) is 8.89. The molecule has 1 heterocycles. The second kappa shape index (κ2) is 3.44. The Labute approximate surface area is 82.9 Å². The fraction of sp³-hybridized carbons (Fsp3) is 0.600. The van der Waals surface area contributed by atoms with Gasteiger partial charge in [0.05, 0.1) is 0 Å². The zero-order valence-electron chi connectivity index (χ0n) is 8.62. The number of cyclic esters (lactones) is 1. The van der Waals surface area contributed by atoms with Crippen LogP contribution in [-0.2, 0) is 19.1 Å². The molecule has 4 heteroatoms. The fourth-order valence-electron chi connectivity index (χ4n) is 1.14. The van der Waals surface area contributed by atoms with Crippen molar-refractivity contribution >= 4 is 11.9 Å². The number of carbonyl (C=O) groups excluding carboxylic acids is 2. The summed E-state index contributed by atoms with van der Waals surface area (Å²) in [5, 5.41) is 0. The number of hydrogen-bond acceptors (Lipinski definition) is 4. The molecular weight excluding hydrogens is 184 g/mol. The van der Waals surface area contributed by atoms with Crippen LogP contribution in [0.5, 0.6) is 0 Å². The summed E-state index contributed by atoms with van der Waals surface area (Å²) >= 11 is 0. The van der Waals surface area contributed by atoms with E-state index in [4.69, 9.17) is 9.47 Å². The average Bonchev–Trinajstić information content (AvgIpc) is 2.31. The van der Waals surface area contributed by atoms with Crippen LogP contribution in [0.4, 0.5) is 0 Å². The molecule has 1 saturated heterocycles. The van der Waals surface area contributed by atoms with Crippen molar-refractivity contribution in [2.24, 2.45) is 5.41 Å². The van der Waals surface area contributed by atoms with E-state index in [2.05, 4.69) is 6.58 Å². The van der Waals surface area contributed by atoms with Gasteiger partial charge in [0.1, 0.15) is 6.61 Å². The number of ether oxygens (including phenoxy) is 2. The van der Waals surface area contributed by atoms with Gasteiger partial charge in [-0.15, -0.1) is 0 Å². The molecule has 0 aromatic heterocycles. The third-order valence-corrected chi connectivity index (χ3v) is 2.08. The zero-order chi connectivity index (χ0) is 10.9. The van der Waals surface area contributed by atoms with Crippen molar-refractivity contribution in [2.75, 3.05) is 6.61 Å². The molecule has 4 nitrogen and oxygen atoms in total. The van der Waals surface area contributed by atoms with Crippen LogP contribution in [0.2, 0.25) is 0 Å². The quantitative estimate of drug-likeness (QED) is 0.491. The average molecular weight is 198 g/mol. The Morgan fingerprint density at radius 1 is 1.64 bits per heavy atom. The topological polar surface area (TPSA) is 52.6 Å². The highest BCUT2D eigenvalue weighted by molar-refractivity contribution is 5.90. The number of carbonyl (C=O) groups is 2. The zero-order valence-corrected chi connectivity index (χ0v) is 8.62. The summed E-state index contributed by atoms with van der Waals surface area (Å²) in [5.41, 5.74) is -0.178. The van der Waals surface area contributed by atoms with Crippen molar-refractivity contribution < 1.29 is 19.1 Å². The first-order chi connectivity index (χ1) is 6.34. The van der Waals surface area contributed by atoms with E-state index in [0.29, 0.717) is 0 Å². The molecule has 1 aliphatic heterocycles. The fourth-order valence-corrected chi connectivity index (χ4v) is 1.14. The van der Waals surface area contributed by atoms with Crippen molar-refractivity contribution in [1.29, 1.82) is 0 Å². The molecule has 0 spiro atoms. The summed E-state index contributed by atoms with van der Waals surface area (Å²) in [7, 11) is 0. The summed E-state index contributed by atoms with van der Waals surface area (Å²) in [5.74, 6) is -1.04. The van der Waals surface area contributed by atoms with Gasteiger partial charge in [-0.05, 0) is 6.92 Å². The molecule has 0 aromatic rings. The van der Waals surface area contributed by atoms with Crippen molar-refractivity contribution in [1.82, 2.24) is 0 Å². The number of esters is 2. The highest BCUT2D eigenvalue weighted by Crippen LogP contribution is 2.31. The van der Waals surface area contributed by atoms with Crippen LogP contribution in [-0.4, -0.2) is 24.6 Å². The second-order valence-electron chi connectivity index (χ2n) is 4.16. The van der Waals surface area contributed by atoms with Crippen LogP contribution in [0.25, 0.3) is 0 Å². The molecule has 0 unspecified atom stereocenters. The van der Waals surface area contributed by atoms with Gasteiger partial charge in [0.25, 0.3) is 0 Å². The van der Waals surface area contributed by atoms with E-state index >= 15 is 0 Å². The normalized spacial score (nSPS) is 24.2. The van der Waals surface area contributed by atoms with Gasteiger partial charge in [0.2, 0.25) is 6.10 Å². The van der Waals surface area contributed by atoms with Crippen LogP contribution < -0.4 is 0 Å². The van der Waals surface area contributed by atoms with Crippen LogP contribution >= 0.6 is 0 Å². The maximum Gasteiger partial charge on any atom is 0.348 e. The van der Waals surface area contributed by atoms with Gasteiger partial charge in [-0.1, -0.05) is 20.4 Å². The Balaban J connectivity index is 2.72. The lowest BCUT2D eigenvalue weighted by Crippen LogP contribution is -2.35. The Morgan fingerprint density at radius 3 is 2.57 bits per heavy atom. The van der Waals surface area contributed by atoms with E-state index < -0.39 is 23.5 Å². The first-order valence-electron chi connectivity index (χ1n) is 4.38. The molecule has 14 heavy (non-hydrogen) atoms. The molecule has 0 saturated carbocycles. The van der Waals surface area contributed by atoms with Gasteiger partial charge in [0.15, 0.2) is 0 Å². The standard InChI is InChI=1S/C10H14O4/c1-6(2)8(11)14-7-9(12)13-5-10(7,3)4/h7H,1,5H2,2-4H3/t7-/m0/s1. The highest BCUT2D eigenvalue weighted by Gasteiger charge is 2.46. The smallest absolute Gasteiger partial charge is 0.348 e. The predicted octanol–water partition coefficient (Wildman–Crippen LogP) is 1.06. The van der Waals surface area contributed by atoms with Crippen molar-refractivity contribution in [3.63, 3.8) is 0 Å². The van der Waals surface area contributed by atoms with Gasteiger partial charge in [-0.2, -0.15) is 0 Å². The van der Waals surface area contributed by atoms with Crippen molar-refractivity contribution in [3.8, 4) is 0 Å². The van der Waals surface area contributed by atoms with E-state index in [9.17, 15) is 9.59 Å². The maximum atomic E-state index is 11.2. The molecule has 0 bridgehead atoms. The Bertz CT molecular complexity index is 290. The minimum Gasteiger partial charge on any atom is -0.462 e. The monoisotopic (exact) mass is 198 g/mol. The summed E-state index contributed by atoms with van der Waals surface area (Å²) in [6.07, 6.45) is -0.813. The molecule has 0 radical (unpaired) electrons. The lowest BCUT2D eigenvalue weighted by molar-refractivity contribution is -0.160. The first kappa shape index (κ1) is 10.8. The van der Waals surface area contributed by atoms with Crippen LogP contribution in [0.3, 0.4) is 0 Å². The molecule has 0 aliphatic carbocycles. The van der Waals surface area contributed by atoms with Gasteiger partial charge >= 0.3 is 11.9 Å². The van der Waals surface area contributed by atoms with Crippen LogP contribution in [0, 0.1) is 5.41 Å². The van der Waals surface area contributed by atoms with E-state index in [0.717, 1.165) is 0 Å². The molecule has 78 valence electrons. The molecule has 0 aromatic carbocycles. The minimum absolute atomic E-state index is 0.278. The van der Waals surface area contributed by atoms with E-state index in [1.54, 1.807) is 0 Å². The summed E-state index contributed by atoms with van der Waals surface area (Å²) in [6, 6.07) is 0. The molecule has 1 fully saturated rings. The molecule has 1 rings (SSSR count). The molecule has 0 amide bonds. The highest BCUT2D eigenvalue weighted by atomic mass is 16.6. The summed E-state index contributed by atoms with van der Waals surface area (Å²) < 4.78 is 9.80. The first-order valence-corrected chi connectivity index (χ1v) is 4.38. The van der Waals surface area contributed by atoms with E-state index in [1.165, 1.54) is 6.92 Å². The third-order valence-electron chi connectivity index (χ3n) is 2.08. The van der Waals surface area contributed by atoms with Gasteiger partial charge < -0.3 is 9.47 Å². The Morgan fingerprint density at radius 2 is 2.21 bits per heavy atom. The number of rotatable bonds is 2. The van der Waals surface area contributed by atoms with E-state index in [-0.39, 0.29) is 12.2 Å². The maximum absolute atomic E-state index is 11.2. The van der Waals surface area contributed by atoms with Gasteiger partial charge in [-0.3, -0.25) is 0 Å². The van der Waals surface area contributed by atoms with Crippen molar-refractivity contribution in [2.45, 2.75) is 26.9 Å². The van der Waals surface area contributed by atoms with Crippen LogP contribution in [0.1, 0.15) is 20.8 Å². The van der Waals surface area contributed by atoms with Crippen LogP contribution in [0.15, 0.2) is 12.2 Å². The predicted molar refractivity (Wildman–Crippen MR) is 49.4 cm³/mol. The largest absolute Gasteiger partial charge is 0.462 e. The SMILES string of the molecule is C=C(C)C(=O)O[C@H]1C(=O)OCC1(C)C. The summed E-state index contributed by atoms with van der Waals surface area (Å²) in [4.78, 5) is 22.4. The van der Waals surface area contributed by atoms with E-state index in [1.807, 2.05) is 13.8 Å². The molecule has 1 aliphatic rings. The third kappa shape index (κ3) is 1.95.